The highest BCUT2D eigenvalue weighted by Gasteiger charge is 2.23. The molecule has 0 aliphatic rings. The fraction of sp³-hybridized carbons (Fsp3) is 0.692. The van der Waals surface area contributed by atoms with Gasteiger partial charge in [0.05, 0.1) is 0 Å². The van der Waals surface area contributed by atoms with Crippen LogP contribution >= 0.6 is 15.9 Å². The first-order valence-electron chi connectivity index (χ1n) is 6.83. The van der Waals surface area contributed by atoms with Gasteiger partial charge < -0.3 is 9.52 Å². The Morgan fingerprint density at radius 1 is 1.45 bits per heavy atom. The summed E-state index contributed by atoms with van der Waals surface area (Å²) >= 11 is 3.06. The monoisotopic (exact) mass is 367 g/mol. The van der Waals surface area contributed by atoms with Crippen LogP contribution in [0.4, 0.5) is 0 Å². The zero-order valence-corrected chi connectivity index (χ0v) is 14.3. The molecule has 0 aliphatic carbocycles. The van der Waals surface area contributed by atoms with E-state index >= 15 is 0 Å². The molecule has 0 radical (unpaired) electrons. The van der Waals surface area contributed by atoms with E-state index in [9.17, 15) is 8.42 Å². The van der Waals surface area contributed by atoms with Crippen LogP contribution in [0, 0.1) is 5.92 Å². The van der Waals surface area contributed by atoms with Crippen LogP contribution in [-0.4, -0.2) is 20.1 Å². The van der Waals surface area contributed by atoms with Crippen LogP contribution in [-0.2, 0) is 16.6 Å². The van der Waals surface area contributed by atoms with Gasteiger partial charge >= 0.3 is 0 Å². The molecule has 1 rings (SSSR count). The van der Waals surface area contributed by atoms with Crippen molar-refractivity contribution in [3.8, 4) is 0 Å². The topological polar surface area (TPSA) is 79.5 Å². The predicted octanol–water partition coefficient (Wildman–Crippen LogP) is 3.03. The highest BCUT2D eigenvalue weighted by Crippen LogP contribution is 2.26. The number of halogens is 1. The van der Waals surface area contributed by atoms with Crippen LogP contribution in [0.25, 0.3) is 0 Å². The van der Waals surface area contributed by atoms with Crippen LogP contribution in [0.3, 0.4) is 0 Å². The lowest BCUT2D eigenvalue weighted by Crippen LogP contribution is -2.29. The van der Waals surface area contributed by atoms with Gasteiger partial charge in [0.2, 0.25) is 10.0 Å². The lowest BCUT2D eigenvalue weighted by atomic mass is 10.00. The van der Waals surface area contributed by atoms with Crippen LogP contribution in [0.15, 0.2) is 20.0 Å². The molecule has 0 saturated carbocycles. The van der Waals surface area contributed by atoms with Gasteiger partial charge in [-0.25, -0.2) is 13.1 Å². The maximum Gasteiger partial charge on any atom is 0.244 e. The van der Waals surface area contributed by atoms with E-state index in [0.717, 1.165) is 25.7 Å². The van der Waals surface area contributed by atoms with Crippen LogP contribution in [0.5, 0.6) is 0 Å². The molecule has 1 atom stereocenters. The van der Waals surface area contributed by atoms with Crippen molar-refractivity contribution in [2.45, 2.75) is 51.0 Å². The van der Waals surface area contributed by atoms with Crippen molar-refractivity contribution in [1.29, 1.82) is 0 Å². The SMILES string of the molecule is CCCCC(CC)CNS(=O)(=O)c1cc(CO)oc1Br. The lowest BCUT2D eigenvalue weighted by molar-refractivity contribution is 0.245. The lowest BCUT2D eigenvalue weighted by Gasteiger charge is -2.15. The molecular weight excluding hydrogens is 346 g/mol. The van der Waals surface area contributed by atoms with Gasteiger partial charge in [0, 0.05) is 12.6 Å². The largest absolute Gasteiger partial charge is 0.450 e. The van der Waals surface area contributed by atoms with Crippen LogP contribution in [0.1, 0.15) is 45.3 Å². The molecular formula is C13H22BrNO4S. The second-order valence-corrected chi connectivity index (χ2v) is 7.23. The summed E-state index contributed by atoms with van der Waals surface area (Å²) in [5, 5.41) is 8.96. The van der Waals surface area contributed by atoms with Gasteiger partial charge in [-0.2, -0.15) is 0 Å². The predicted molar refractivity (Wildman–Crippen MR) is 80.8 cm³/mol. The molecule has 0 aliphatic heterocycles. The van der Waals surface area contributed by atoms with E-state index in [2.05, 4.69) is 34.5 Å². The molecule has 1 unspecified atom stereocenters. The standard InChI is InChI=1S/C13H22BrNO4S/c1-3-5-6-10(4-2)8-15-20(17,18)12-7-11(9-16)19-13(12)14/h7,10,15-16H,3-6,8-9H2,1-2H3. The van der Waals surface area contributed by atoms with E-state index in [1.165, 1.54) is 6.07 Å². The van der Waals surface area contributed by atoms with Crippen molar-refractivity contribution >= 4 is 26.0 Å². The highest BCUT2D eigenvalue weighted by atomic mass is 79.9. The maximum atomic E-state index is 12.2. The minimum atomic E-state index is -3.61. The molecule has 0 amide bonds. The third kappa shape index (κ3) is 4.87. The molecule has 0 spiro atoms. The minimum absolute atomic E-state index is 0.0342. The molecule has 2 N–H and O–H groups in total. The Hall–Kier alpha value is -0.370. The Labute approximate surface area is 128 Å². The number of nitrogens with one attached hydrogen (secondary N) is 1. The number of hydrogen-bond acceptors (Lipinski definition) is 4. The van der Waals surface area contributed by atoms with Crippen molar-refractivity contribution < 1.29 is 17.9 Å². The number of furan rings is 1. The molecule has 0 bridgehead atoms. The number of rotatable bonds is 9. The smallest absolute Gasteiger partial charge is 0.244 e. The van der Waals surface area contributed by atoms with Gasteiger partial charge in [-0.05, 0) is 28.3 Å². The summed E-state index contributed by atoms with van der Waals surface area (Å²) in [7, 11) is -3.61. The highest BCUT2D eigenvalue weighted by molar-refractivity contribution is 9.10. The second kappa shape index (κ2) is 8.17. The number of aliphatic hydroxyl groups excluding tert-OH is 1. The molecule has 0 saturated heterocycles. The minimum Gasteiger partial charge on any atom is -0.450 e. The Bertz CT molecular complexity index is 512. The van der Waals surface area contributed by atoms with E-state index < -0.39 is 10.0 Å². The maximum absolute atomic E-state index is 12.2. The second-order valence-electron chi connectivity index (χ2n) is 4.78. The summed E-state index contributed by atoms with van der Waals surface area (Å²) in [6, 6.07) is 1.33. The molecule has 5 nitrogen and oxygen atoms in total. The zero-order chi connectivity index (χ0) is 15.2. The van der Waals surface area contributed by atoms with Crippen molar-refractivity contribution in [2.75, 3.05) is 6.54 Å². The first-order valence-corrected chi connectivity index (χ1v) is 9.10. The molecule has 7 heteroatoms. The van der Waals surface area contributed by atoms with E-state index in [0.29, 0.717) is 12.5 Å². The quantitative estimate of drug-likeness (QED) is 0.702. The van der Waals surface area contributed by atoms with Crippen molar-refractivity contribution in [3.05, 3.63) is 16.5 Å². The summed E-state index contributed by atoms with van der Waals surface area (Å²) < 4.78 is 32.2. The first kappa shape index (κ1) is 17.7. The van der Waals surface area contributed by atoms with E-state index in [-0.39, 0.29) is 21.9 Å². The molecule has 116 valence electrons. The number of hydrogen-bond donors (Lipinski definition) is 2. The molecule has 1 aromatic rings. The third-order valence-corrected chi connectivity index (χ3v) is 5.54. The van der Waals surface area contributed by atoms with Crippen molar-refractivity contribution in [1.82, 2.24) is 4.72 Å². The summed E-state index contributed by atoms with van der Waals surface area (Å²) in [4.78, 5) is 0.0342. The fourth-order valence-corrected chi connectivity index (χ4v) is 4.02. The number of unbranched alkanes of at least 4 members (excludes halogenated alkanes) is 1. The van der Waals surface area contributed by atoms with Gasteiger partial charge in [-0.15, -0.1) is 0 Å². The average Bonchev–Trinajstić information content (AvgIpc) is 2.81. The average molecular weight is 368 g/mol. The van der Waals surface area contributed by atoms with Crippen molar-refractivity contribution in [2.24, 2.45) is 5.92 Å². The third-order valence-electron chi connectivity index (χ3n) is 3.26. The van der Waals surface area contributed by atoms with E-state index in [1.807, 2.05) is 0 Å². The molecule has 20 heavy (non-hydrogen) atoms. The number of aliphatic hydroxyl groups is 1. The Morgan fingerprint density at radius 2 is 2.15 bits per heavy atom. The summed E-state index contributed by atoms with van der Waals surface area (Å²) in [5.74, 6) is 0.558. The Balaban J connectivity index is 2.71. The summed E-state index contributed by atoms with van der Waals surface area (Å²) in [6.07, 6.45) is 4.17. The van der Waals surface area contributed by atoms with Gasteiger partial charge in [0.25, 0.3) is 0 Å². The van der Waals surface area contributed by atoms with Crippen LogP contribution in [0.2, 0.25) is 0 Å². The van der Waals surface area contributed by atoms with E-state index in [1.54, 1.807) is 0 Å². The van der Waals surface area contributed by atoms with Crippen LogP contribution < -0.4 is 4.72 Å². The molecule has 1 heterocycles. The van der Waals surface area contributed by atoms with Crippen molar-refractivity contribution in [3.63, 3.8) is 0 Å². The summed E-state index contributed by atoms with van der Waals surface area (Å²) in [6.45, 7) is 4.27. The van der Waals surface area contributed by atoms with Gasteiger partial charge in [-0.3, -0.25) is 0 Å². The van der Waals surface area contributed by atoms with Gasteiger partial charge in [0.1, 0.15) is 17.3 Å². The van der Waals surface area contributed by atoms with Gasteiger partial charge in [-0.1, -0.05) is 33.1 Å². The Morgan fingerprint density at radius 3 is 2.65 bits per heavy atom. The molecule has 0 fully saturated rings. The fourth-order valence-electron chi connectivity index (χ4n) is 1.91. The molecule has 1 aromatic heterocycles. The van der Waals surface area contributed by atoms with E-state index in [4.69, 9.17) is 9.52 Å². The first-order chi connectivity index (χ1) is 9.44. The number of sulfonamides is 1. The zero-order valence-electron chi connectivity index (χ0n) is 11.9. The summed E-state index contributed by atoms with van der Waals surface area (Å²) in [5.41, 5.74) is 0. The van der Waals surface area contributed by atoms with Gasteiger partial charge in [0.15, 0.2) is 4.67 Å². The molecule has 0 aromatic carbocycles. The normalized spacial score (nSPS) is 13.6. The Kier molecular flexibility index (Phi) is 7.22.